The zero-order valence-electron chi connectivity index (χ0n) is 12.0. The molecule has 1 aromatic carbocycles. The number of nitrogens with zero attached hydrogens (tertiary/aromatic N) is 3. The van der Waals surface area contributed by atoms with Gasteiger partial charge in [-0.15, -0.1) is 0 Å². The first-order chi connectivity index (χ1) is 9.85. The van der Waals surface area contributed by atoms with Crippen molar-refractivity contribution < 1.29 is 4.42 Å². The largest absolute Gasteiger partial charge is 0.450 e. The minimum absolute atomic E-state index is 0.798. The van der Waals surface area contributed by atoms with E-state index in [9.17, 15) is 0 Å². The molecule has 0 saturated carbocycles. The normalized spacial score (nSPS) is 11.3. The second-order valence-corrected chi connectivity index (χ2v) is 4.91. The van der Waals surface area contributed by atoms with Crippen molar-refractivity contribution in [3.05, 3.63) is 30.6 Å². The van der Waals surface area contributed by atoms with Crippen LogP contribution in [0.4, 0.5) is 5.82 Å². The maximum atomic E-state index is 5.98. The van der Waals surface area contributed by atoms with Crippen molar-refractivity contribution in [2.45, 2.75) is 26.7 Å². The second kappa shape index (κ2) is 5.49. The van der Waals surface area contributed by atoms with Gasteiger partial charge < -0.3 is 9.32 Å². The van der Waals surface area contributed by atoms with Gasteiger partial charge in [0.2, 0.25) is 0 Å². The summed E-state index contributed by atoms with van der Waals surface area (Å²) < 4.78 is 5.98. The van der Waals surface area contributed by atoms with E-state index in [1.807, 2.05) is 24.3 Å². The van der Waals surface area contributed by atoms with E-state index in [0.29, 0.717) is 0 Å². The molecule has 0 saturated heterocycles. The monoisotopic (exact) mass is 269 g/mol. The molecule has 3 aromatic rings. The van der Waals surface area contributed by atoms with E-state index < -0.39 is 0 Å². The summed E-state index contributed by atoms with van der Waals surface area (Å²) in [6, 6.07) is 8.00. The van der Waals surface area contributed by atoms with Gasteiger partial charge in [-0.05, 0) is 25.5 Å². The van der Waals surface area contributed by atoms with Gasteiger partial charge >= 0.3 is 0 Å². The topological polar surface area (TPSA) is 42.2 Å². The molecule has 0 fully saturated rings. The van der Waals surface area contributed by atoms with Gasteiger partial charge in [0, 0.05) is 18.5 Å². The van der Waals surface area contributed by atoms with E-state index in [1.54, 1.807) is 6.33 Å². The predicted molar refractivity (Wildman–Crippen MR) is 82.1 cm³/mol. The van der Waals surface area contributed by atoms with Gasteiger partial charge in [0.15, 0.2) is 11.4 Å². The standard InChI is InChI=1S/C16H19N3O/c1-3-5-10-19(4-2)16-15-14(17-11-18-16)12-8-6-7-9-13(12)20-15/h6-9,11H,3-5,10H2,1-2H3. The third-order valence-corrected chi connectivity index (χ3v) is 3.60. The number of aromatic nitrogens is 2. The Morgan fingerprint density at radius 2 is 2.00 bits per heavy atom. The highest BCUT2D eigenvalue weighted by atomic mass is 16.3. The number of anilines is 1. The van der Waals surface area contributed by atoms with Gasteiger partial charge in [0.05, 0.1) is 0 Å². The summed E-state index contributed by atoms with van der Waals surface area (Å²) in [5.74, 6) is 0.905. The molecule has 4 nitrogen and oxygen atoms in total. The molecule has 20 heavy (non-hydrogen) atoms. The maximum Gasteiger partial charge on any atom is 0.196 e. The van der Waals surface area contributed by atoms with Gasteiger partial charge in [0.1, 0.15) is 17.4 Å². The first-order valence-electron chi connectivity index (χ1n) is 7.22. The fraction of sp³-hybridized carbons (Fsp3) is 0.375. The molecule has 0 atom stereocenters. The molecule has 0 aliphatic heterocycles. The lowest BCUT2D eigenvalue weighted by Gasteiger charge is -2.21. The van der Waals surface area contributed by atoms with Gasteiger partial charge in [0.25, 0.3) is 0 Å². The van der Waals surface area contributed by atoms with E-state index in [-0.39, 0.29) is 0 Å². The smallest absolute Gasteiger partial charge is 0.196 e. The van der Waals surface area contributed by atoms with Crippen molar-refractivity contribution in [1.82, 2.24) is 9.97 Å². The number of furan rings is 1. The minimum atomic E-state index is 0.798. The fourth-order valence-electron chi connectivity index (χ4n) is 2.50. The lowest BCUT2D eigenvalue weighted by Crippen LogP contribution is -2.25. The maximum absolute atomic E-state index is 5.98. The highest BCUT2D eigenvalue weighted by Crippen LogP contribution is 2.31. The lowest BCUT2D eigenvalue weighted by atomic mass is 10.2. The summed E-state index contributed by atoms with van der Waals surface area (Å²) in [6.45, 7) is 6.26. The molecule has 0 amide bonds. The van der Waals surface area contributed by atoms with Gasteiger partial charge in [-0.2, -0.15) is 0 Å². The number of unbranched alkanes of at least 4 members (excludes halogenated alkanes) is 1. The quantitative estimate of drug-likeness (QED) is 0.702. The SMILES string of the molecule is CCCCN(CC)c1ncnc2c1oc1ccccc12. The average molecular weight is 269 g/mol. The van der Waals surface area contributed by atoms with Gasteiger partial charge in [-0.1, -0.05) is 25.5 Å². The third kappa shape index (κ3) is 2.11. The van der Waals surface area contributed by atoms with Crippen molar-refractivity contribution in [2.75, 3.05) is 18.0 Å². The van der Waals surface area contributed by atoms with Crippen molar-refractivity contribution in [1.29, 1.82) is 0 Å². The van der Waals surface area contributed by atoms with E-state index >= 15 is 0 Å². The molecule has 0 N–H and O–H groups in total. The zero-order valence-corrected chi connectivity index (χ0v) is 12.0. The first kappa shape index (κ1) is 12.9. The van der Waals surface area contributed by atoms with Crippen LogP contribution in [-0.2, 0) is 0 Å². The van der Waals surface area contributed by atoms with E-state index in [2.05, 4.69) is 28.7 Å². The second-order valence-electron chi connectivity index (χ2n) is 4.91. The highest BCUT2D eigenvalue weighted by Gasteiger charge is 2.16. The summed E-state index contributed by atoms with van der Waals surface area (Å²) in [5, 5.41) is 1.05. The molecule has 0 bridgehead atoms. The Hall–Kier alpha value is -2.10. The van der Waals surface area contributed by atoms with Crippen LogP contribution in [0.25, 0.3) is 22.1 Å². The van der Waals surface area contributed by atoms with Crippen LogP contribution < -0.4 is 4.90 Å². The molecular weight excluding hydrogens is 250 g/mol. The van der Waals surface area contributed by atoms with Crippen LogP contribution in [0.3, 0.4) is 0 Å². The molecule has 0 unspecified atom stereocenters. The van der Waals surface area contributed by atoms with Gasteiger partial charge in [-0.3, -0.25) is 0 Å². The van der Waals surface area contributed by atoms with Crippen LogP contribution in [0.2, 0.25) is 0 Å². The number of hydrogen-bond acceptors (Lipinski definition) is 4. The highest BCUT2D eigenvalue weighted by molar-refractivity contribution is 6.05. The Morgan fingerprint density at radius 1 is 1.15 bits per heavy atom. The third-order valence-electron chi connectivity index (χ3n) is 3.60. The molecule has 2 aromatic heterocycles. The van der Waals surface area contributed by atoms with Crippen LogP contribution >= 0.6 is 0 Å². The van der Waals surface area contributed by atoms with Crippen LogP contribution in [0.15, 0.2) is 35.0 Å². The molecule has 0 aliphatic rings. The number of hydrogen-bond donors (Lipinski definition) is 0. The first-order valence-corrected chi connectivity index (χ1v) is 7.22. The number of fused-ring (bicyclic) bond motifs is 3. The van der Waals surface area contributed by atoms with Gasteiger partial charge in [-0.25, -0.2) is 9.97 Å². The Labute approximate surface area is 118 Å². The lowest BCUT2D eigenvalue weighted by molar-refractivity contribution is 0.655. The van der Waals surface area contributed by atoms with E-state index in [0.717, 1.165) is 47.4 Å². The molecule has 4 heteroatoms. The number of benzene rings is 1. The van der Waals surface area contributed by atoms with E-state index in [4.69, 9.17) is 4.42 Å². The summed E-state index contributed by atoms with van der Waals surface area (Å²) in [4.78, 5) is 11.1. The summed E-state index contributed by atoms with van der Waals surface area (Å²) >= 11 is 0. The molecule has 2 heterocycles. The van der Waals surface area contributed by atoms with E-state index in [1.165, 1.54) is 6.42 Å². The zero-order chi connectivity index (χ0) is 13.9. The Morgan fingerprint density at radius 3 is 2.80 bits per heavy atom. The summed E-state index contributed by atoms with van der Waals surface area (Å²) in [7, 11) is 0. The van der Waals surface area contributed by atoms with Crippen molar-refractivity contribution >= 4 is 27.9 Å². The molecule has 104 valence electrons. The van der Waals surface area contributed by atoms with Crippen molar-refractivity contribution in [3.63, 3.8) is 0 Å². The molecule has 3 rings (SSSR count). The molecular formula is C16H19N3O. The molecule has 0 aliphatic carbocycles. The average Bonchev–Trinajstić information content (AvgIpc) is 2.87. The number of para-hydroxylation sites is 1. The Bertz CT molecular complexity index is 720. The van der Waals surface area contributed by atoms with Crippen molar-refractivity contribution in [2.24, 2.45) is 0 Å². The van der Waals surface area contributed by atoms with Crippen LogP contribution in [0.5, 0.6) is 0 Å². The Kier molecular flexibility index (Phi) is 3.54. The molecule has 0 radical (unpaired) electrons. The Balaban J connectivity index is 2.15. The molecule has 0 spiro atoms. The number of rotatable bonds is 5. The minimum Gasteiger partial charge on any atom is -0.450 e. The fourth-order valence-corrected chi connectivity index (χ4v) is 2.50. The summed E-state index contributed by atoms with van der Waals surface area (Å²) in [5.41, 5.74) is 2.57. The summed E-state index contributed by atoms with van der Waals surface area (Å²) in [6.07, 6.45) is 3.96. The van der Waals surface area contributed by atoms with Crippen LogP contribution in [0.1, 0.15) is 26.7 Å². The predicted octanol–water partition coefficient (Wildman–Crippen LogP) is 4.00. The van der Waals surface area contributed by atoms with Crippen LogP contribution in [0, 0.1) is 0 Å². The van der Waals surface area contributed by atoms with Crippen molar-refractivity contribution in [3.8, 4) is 0 Å². The van der Waals surface area contributed by atoms with Crippen LogP contribution in [-0.4, -0.2) is 23.1 Å².